The van der Waals surface area contributed by atoms with Gasteiger partial charge in [0.05, 0.1) is 19.8 Å². The molecule has 0 saturated heterocycles. The molecule has 1 aliphatic heterocycles. The van der Waals surface area contributed by atoms with Crippen LogP contribution in [0, 0.1) is 0 Å². The number of methoxy groups -OCH3 is 1. The molecule has 2 atom stereocenters. The van der Waals surface area contributed by atoms with Crippen molar-refractivity contribution in [3.8, 4) is 17.2 Å². The first-order valence-electron chi connectivity index (χ1n) is 11.5. The fraction of sp³-hybridized carbons (Fsp3) is 0.407. The highest BCUT2D eigenvalue weighted by Gasteiger charge is 2.38. The van der Waals surface area contributed by atoms with Crippen LogP contribution in [0.1, 0.15) is 63.0 Å². The van der Waals surface area contributed by atoms with Crippen molar-refractivity contribution >= 4 is 11.7 Å². The number of carbonyl (C=O) groups excluding carboxylic acids is 2. The Kier molecular flexibility index (Phi) is 6.72. The van der Waals surface area contributed by atoms with E-state index in [2.05, 4.69) is 5.32 Å². The molecule has 0 aromatic heterocycles. The van der Waals surface area contributed by atoms with Gasteiger partial charge in [0.1, 0.15) is 5.75 Å². The highest BCUT2D eigenvalue weighted by Crippen LogP contribution is 2.44. The molecule has 1 heterocycles. The minimum absolute atomic E-state index is 0.00574. The number of hydrogen-bond donors (Lipinski definition) is 1. The van der Waals surface area contributed by atoms with E-state index in [1.54, 1.807) is 7.11 Å². The Labute approximate surface area is 194 Å². The molecule has 0 bridgehead atoms. The molecule has 0 fully saturated rings. The monoisotopic (exact) mass is 449 g/mol. The standard InChI is InChI=1S/C27H31NO5/c1-5-32-25-14-18(9-10-24(25)33-16(2)3)21-15-26(30)28-22-12-19(13-23(29)27(21)22)17-7-6-8-20(11-17)31-4/h6-11,14,16,19,21H,5,12-13,15H2,1-4H3,(H,28,30). The second kappa shape index (κ2) is 9.69. The van der Waals surface area contributed by atoms with Crippen LogP contribution in [0.3, 0.4) is 0 Å². The van der Waals surface area contributed by atoms with Crippen molar-refractivity contribution in [1.82, 2.24) is 5.32 Å². The summed E-state index contributed by atoms with van der Waals surface area (Å²) >= 11 is 0. The molecule has 1 aliphatic carbocycles. The van der Waals surface area contributed by atoms with E-state index in [0.29, 0.717) is 36.5 Å². The molecule has 6 heteroatoms. The van der Waals surface area contributed by atoms with E-state index in [1.807, 2.05) is 63.2 Å². The molecule has 2 unspecified atom stereocenters. The number of ketones is 1. The number of rotatable bonds is 7. The minimum atomic E-state index is -0.292. The summed E-state index contributed by atoms with van der Waals surface area (Å²) in [5.41, 5.74) is 3.39. The number of nitrogens with one attached hydrogen (secondary N) is 1. The Morgan fingerprint density at radius 3 is 2.55 bits per heavy atom. The van der Waals surface area contributed by atoms with Crippen molar-refractivity contribution in [1.29, 1.82) is 0 Å². The zero-order valence-electron chi connectivity index (χ0n) is 19.6. The van der Waals surface area contributed by atoms with Crippen molar-refractivity contribution in [2.75, 3.05) is 13.7 Å². The van der Waals surface area contributed by atoms with E-state index in [1.165, 1.54) is 0 Å². The van der Waals surface area contributed by atoms with Gasteiger partial charge in [-0.25, -0.2) is 0 Å². The van der Waals surface area contributed by atoms with Gasteiger partial charge in [-0.15, -0.1) is 0 Å². The van der Waals surface area contributed by atoms with Crippen LogP contribution in [0.15, 0.2) is 53.7 Å². The fourth-order valence-corrected chi connectivity index (χ4v) is 4.74. The number of benzene rings is 2. The first kappa shape index (κ1) is 22.9. The Morgan fingerprint density at radius 1 is 1.00 bits per heavy atom. The lowest BCUT2D eigenvalue weighted by molar-refractivity contribution is -0.122. The molecule has 0 radical (unpaired) electrons. The van der Waals surface area contributed by atoms with Crippen LogP contribution in [0.4, 0.5) is 0 Å². The van der Waals surface area contributed by atoms with Gasteiger partial charge in [0.15, 0.2) is 17.3 Å². The molecule has 1 amide bonds. The van der Waals surface area contributed by atoms with E-state index in [-0.39, 0.29) is 36.1 Å². The fourth-order valence-electron chi connectivity index (χ4n) is 4.74. The number of hydrogen-bond acceptors (Lipinski definition) is 5. The van der Waals surface area contributed by atoms with Crippen LogP contribution >= 0.6 is 0 Å². The van der Waals surface area contributed by atoms with Gasteiger partial charge < -0.3 is 19.5 Å². The van der Waals surface area contributed by atoms with Crippen LogP contribution < -0.4 is 19.5 Å². The maximum Gasteiger partial charge on any atom is 0.225 e. The molecule has 0 spiro atoms. The summed E-state index contributed by atoms with van der Waals surface area (Å²) in [6.07, 6.45) is 1.28. The number of amides is 1. The highest BCUT2D eigenvalue weighted by molar-refractivity contribution is 6.02. The average Bonchev–Trinajstić information content (AvgIpc) is 2.79. The van der Waals surface area contributed by atoms with Crippen molar-refractivity contribution in [3.05, 3.63) is 64.9 Å². The summed E-state index contributed by atoms with van der Waals surface area (Å²) < 4.78 is 17.0. The molecule has 6 nitrogen and oxygen atoms in total. The van der Waals surface area contributed by atoms with Gasteiger partial charge in [0, 0.05) is 30.0 Å². The van der Waals surface area contributed by atoms with Crippen LogP contribution in [0.2, 0.25) is 0 Å². The van der Waals surface area contributed by atoms with E-state index in [4.69, 9.17) is 14.2 Å². The molecule has 0 saturated carbocycles. The van der Waals surface area contributed by atoms with E-state index in [0.717, 1.165) is 22.6 Å². The predicted octanol–water partition coefficient (Wildman–Crippen LogP) is 4.89. The maximum absolute atomic E-state index is 13.4. The lowest BCUT2D eigenvalue weighted by Gasteiger charge is -2.34. The quantitative estimate of drug-likeness (QED) is 0.652. The average molecular weight is 450 g/mol. The molecule has 2 aromatic carbocycles. The molecule has 1 N–H and O–H groups in total. The van der Waals surface area contributed by atoms with Crippen molar-refractivity contribution < 1.29 is 23.8 Å². The van der Waals surface area contributed by atoms with Gasteiger partial charge in [-0.2, -0.15) is 0 Å². The third-order valence-electron chi connectivity index (χ3n) is 6.13. The lowest BCUT2D eigenvalue weighted by atomic mass is 9.73. The first-order chi connectivity index (χ1) is 15.9. The van der Waals surface area contributed by atoms with Gasteiger partial charge in [-0.3, -0.25) is 9.59 Å². The Bertz CT molecular complexity index is 1090. The Morgan fingerprint density at radius 2 is 1.82 bits per heavy atom. The summed E-state index contributed by atoms with van der Waals surface area (Å²) in [4.78, 5) is 26.0. The summed E-state index contributed by atoms with van der Waals surface area (Å²) in [5.74, 6) is 1.78. The molecule has 33 heavy (non-hydrogen) atoms. The molecule has 4 rings (SSSR count). The van der Waals surface area contributed by atoms with Crippen molar-refractivity contribution in [2.24, 2.45) is 0 Å². The molecule has 2 aromatic rings. The molecular formula is C27H31NO5. The molecule has 174 valence electrons. The maximum atomic E-state index is 13.4. The summed E-state index contributed by atoms with van der Waals surface area (Å²) in [6, 6.07) is 13.5. The van der Waals surface area contributed by atoms with Crippen molar-refractivity contribution in [2.45, 2.75) is 58.0 Å². The smallest absolute Gasteiger partial charge is 0.225 e. The van der Waals surface area contributed by atoms with E-state index in [9.17, 15) is 9.59 Å². The third kappa shape index (κ3) is 4.90. The van der Waals surface area contributed by atoms with Gasteiger partial charge in [0.25, 0.3) is 0 Å². The van der Waals surface area contributed by atoms with E-state index < -0.39 is 0 Å². The second-order valence-corrected chi connectivity index (χ2v) is 8.81. The van der Waals surface area contributed by atoms with Crippen LogP contribution in [-0.4, -0.2) is 31.5 Å². The van der Waals surface area contributed by atoms with Crippen LogP contribution in [-0.2, 0) is 9.59 Å². The van der Waals surface area contributed by atoms with Crippen molar-refractivity contribution in [3.63, 3.8) is 0 Å². The topological polar surface area (TPSA) is 73.9 Å². The van der Waals surface area contributed by atoms with E-state index >= 15 is 0 Å². The van der Waals surface area contributed by atoms with Crippen LogP contribution in [0.5, 0.6) is 17.2 Å². The molecule has 2 aliphatic rings. The van der Waals surface area contributed by atoms with Gasteiger partial charge in [0.2, 0.25) is 5.91 Å². The normalized spacial score (nSPS) is 20.4. The number of Topliss-reactive ketones (excluding diaryl/α,β-unsaturated/α-hetero) is 1. The second-order valence-electron chi connectivity index (χ2n) is 8.81. The zero-order valence-corrected chi connectivity index (χ0v) is 19.6. The summed E-state index contributed by atoms with van der Waals surface area (Å²) in [5, 5.41) is 2.99. The largest absolute Gasteiger partial charge is 0.497 e. The lowest BCUT2D eigenvalue weighted by Crippen LogP contribution is -2.38. The van der Waals surface area contributed by atoms with Gasteiger partial charge in [-0.1, -0.05) is 18.2 Å². The first-order valence-corrected chi connectivity index (χ1v) is 11.5. The SMILES string of the molecule is CCOc1cc(C2CC(=O)NC3=C2C(=O)CC(c2cccc(OC)c2)C3)ccc1OC(C)C. The predicted molar refractivity (Wildman–Crippen MR) is 126 cm³/mol. The summed E-state index contributed by atoms with van der Waals surface area (Å²) in [6.45, 7) is 6.35. The third-order valence-corrected chi connectivity index (χ3v) is 6.13. The Balaban J connectivity index is 1.68. The number of carbonyl (C=O) groups is 2. The Hall–Kier alpha value is -3.28. The van der Waals surface area contributed by atoms with Gasteiger partial charge >= 0.3 is 0 Å². The molecular weight excluding hydrogens is 418 g/mol. The van der Waals surface area contributed by atoms with Crippen LogP contribution in [0.25, 0.3) is 0 Å². The highest BCUT2D eigenvalue weighted by atomic mass is 16.5. The minimum Gasteiger partial charge on any atom is -0.497 e. The van der Waals surface area contributed by atoms with Gasteiger partial charge in [-0.05, 0) is 68.5 Å². The number of allylic oxidation sites excluding steroid dienone is 2. The number of ether oxygens (including phenoxy) is 3. The zero-order chi connectivity index (χ0) is 23.5. The summed E-state index contributed by atoms with van der Waals surface area (Å²) in [7, 11) is 1.63.